The number of imide groups is 1. The predicted molar refractivity (Wildman–Crippen MR) is 151 cm³/mol. The van der Waals surface area contributed by atoms with Crippen molar-refractivity contribution in [3.05, 3.63) is 53.4 Å². The van der Waals surface area contributed by atoms with E-state index in [0.717, 1.165) is 0 Å². The van der Waals surface area contributed by atoms with Gasteiger partial charge in [0, 0.05) is 30.4 Å². The van der Waals surface area contributed by atoms with Crippen LogP contribution in [0.3, 0.4) is 0 Å². The Hall–Kier alpha value is -4.68. The molecule has 0 saturated heterocycles. The van der Waals surface area contributed by atoms with E-state index in [1.54, 1.807) is 41.5 Å². The number of benzene rings is 1. The van der Waals surface area contributed by atoms with E-state index in [-0.39, 0.29) is 33.9 Å². The van der Waals surface area contributed by atoms with E-state index in [0.29, 0.717) is 23.6 Å². The molecule has 0 radical (unpaired) electrons. The summed E-state index contributed by atoms with van der Waals surface area (Å²) in [5.74, 6) is -2.97. The second-order valence-corrected chi connectivity index (χ2v) is 11.5. The number of aromatic nitrogens is 2. The number of anilines is 3. The largest absolute Gasteiger partial charge is 0.492 e. The van der Waals surface area contributed by atoms with Crippen molar-refractivity contribution >= 4 is 35.3 Å². The minimum absolute atomic E-state index is 0.0952. The number of ether oxygens (including phenoxy) is 3. The highest BCUT2D eigenvalue weighted by Crippen LogP contribution is 2.41. The van der Waals surface area contributed by atoms with E-state index in [1.165, 1.54) is 37.6 Å². The molecule has 0 unspecified atom stereocenters. The number of fused-ring (bicyclic) bond motifs is 1. The molecule has 1 aliphatic rings. The van der Waals surface area contributed by atoms with E-state index in [9.17, 15) is 18.8 Å². The molecule has 1 aliphatic heterocycles. The zero-order valence-electron chi connectivity index (χ0n) is 24.4. The Morgan fingerprint density at radius 2 is 1.67 bits per heavy atom. The molecule has 13 heteroatoms. The number of hydrogen-bond donors (Lipinski definition) is 3. The first-order valence-corrected chi connectivity index (χ1v) is 13.1. The first-order valence-electron chi connectivity index (χ1n) is 13.1. The van der Waals surface area contributed by atoms with Gasteiger partial charge in [-0.3, -0.25) is 4.79 Å². The first kappa shape index (κ1) is 30.3. The van der Waals surface area contributed by atoms with Crippen LogP contribution in [0, 0.1) is 11.6 Å². The van der Waals surface area contributed by atoms with E-state index in [4.69, 9.17) is 14.2 Å². The summed E-state index contributed by atoms with van der Waals surface area (Å²) >= 11 is 0. The normalized spacial score (nSPS) is 13.1. The molecular formula is C29H33F2N5O6. The Labute approximate surface area is 241 Å². The number of halogens is 2. The third kappa shape index (κ3) is 6.29. The number of rotatable bonds is 5. The number of methoxy groups -OCH3 is 1. The van der Waals surface area contributed by atoms with E-state index in [2.05, 4.69) is 20.6 Å². The number of pyridine rings is 1. The van der Waals surface area contributed by atoms with Crippen LogP contribution in [0.25, 0.3) is 11.3 Å². The molecule has 2 aromatic heterocycles. The number of amides is 3. The third-order valence-corrected chi connectivity index (χ3v) is 5.90. The number of aromatic amines is 1. The van der Waals surface area contributed by atoms with E-state index < -0.39 is 46.7 Å². The Balaban J connectivity index is 1.90. The fraction of sp³-hybridized carbons (Fsp3) is 0.379. The number of hydrogen-bond acceptors (Lipinski definition) is 8. The Morgan fingerprint density at radius 1 is 1.02 bits per heavy atom. The number of H-pyrrole nitrogens is 1. The molecule has 0 spiro atoms. The van der Waals surface area contributed by atoms with Gasteiger partial charge in [0.1, 0.15) is 11.2 Å². The second kappa shape index (κ2) is 11.3. The molecule has 1 aromatic carbocycles. The van der Waals surface area contributed by atoms with Crippen LogP contribution in [0.5, 0.6) is 5.75 Å². The summed E-state index contributed by atoms with van der Waals surface area (Å²) in [5, 5.41) is 5.76. The van der Waals surface area contributed by atoms with Crippen LogP contribution in [0.15, 0.2) is 30.5 Å². The van der Waals surface area contributed by atoms with Crippen LogP contribution in [0.2, 0.25) is 0 Å². The molecule has 3 aromatic rings. The third-order valence-electron chi connectivity index (χ3n) is 5.90. The van der Waals surface area contributed by atoms with Gasteiger partial charge in [-0.05, 0) is 59.7 Å². The highest BCUT2D eigenvalue weighted by molar-refractivity contribution is 6.10. The molecule has 0 saturated carbocycles. The van der Waals surface area contributed by atoms with Crippen molar-refractivity contribution in [3.8, 4) is 17.0 Å². The smallest absolute Gasteiger partial charge is 0.425 e. The van der Waals surface area contributed by atoms with Crippen LogP contribution in [0.1, 0.15) is 57.6 Å². The molecule has 4 rings (SSSR count). The summed E-state index contributed by atoms with van der Waals surface area (Å²) in [6, 6.07) is 5.50. The van der Waals surface area contributed by atoms with Crippen molar-refractivity contribution in [3.63, 3.8) is 0 Å². The quantitative estimate of drug-likeness (QED) is 0.328. The monoisotopic (exact) mass is 585 g/mol. The van der Waals surface area contributed by atoms with Crippen molar-refractivity contribution in [2.75, 3.05) is 23.9 Å². The highest BCUT2D eigenvalue weighted by atomic mass is 19.1. The number of para-hydroxylation sites is 1. The van der Waals surface area contributed by atoms with Crippen molar-refractivity contribution in [1.82, 2.24) is 15.3 Å². The summed E-state index contributed by atoms with van der Waals surface area (Å²) in [6.07, 6.45) is -0.805. The lowest BCUT2D eigenvalue weighted by atomic mass is 10.0. The van der Waals surface area contributed by atoms with Gasteiger partial charge in [-0.25, -0.2) is 23.4 Å². The van der Waals surface area contributed by atoms with Crippen LogP contribution in [-0.4, -0.2) is 52.9 Å². The molecule has 11 nitrogen and oxygen atoms in total. The van der Waals surface area contributed by atoms with Crippen LogP contribution in [0.4, 0.5) is 35.6 Å². The van der Waals surface area contributed by atoms with E-state index in [1.807, 2.05) is 0 Å². The summed E-state index contributed by atoms with van der Waals surface area (Å²) in [6.45, 7) is 9.87. The first-order chi connectivity index (χ1) is 19.6. The van der Waals surface area contributed by atoms with Crippen LogP contribution < -0.4 is 20.3 Å². The maximum Gasteiger partial charge on any atom is 0.425 e. The van der Waals surface area contributed by atoms with Gasteiger partial charge >= 0.3 is 12.2 Å². The van der Waals surface area contributed by atoms with Gasteiger partial charge < -0.3 is 29.8 Å². The Bertz CT molecular complexity index is 1510. The molecule has 42 heavy (non-hydrogen) atoms. The lowest BCUT2D eigenvalue weighted by molar-refractivity contribution is 0.0426. The Kier molecular flexibility index (Phi) is 8.15. The van der Waals surface area contributed by atoms with Gasteiger partial charge in [0.2, 0.25) is 0 Å². The maximum absolute atomic E-state index is 16.4. The summed E-state index contributed by atoms with van der Waals surface area (Å²) in [4.78, 5) is 46.8. The zero-order valence-corrected chi connectivity index (χ0v) is 24.4. The molecule has 0 aliphatic carbocycles. The lowest BCUT2D eigenvalue weighted by Crippen LogP contribution is -2.44. The van der Waals surface area contributed by atoms with Gasteiger partial charge in [-0.1, -0.05) is 6.07 Å². The maximum atomic E-state index is 16.4. The Morgan fingerprint density at radius 3 is 2.26 bits per heavy atom. The van der Waals surface area contributed by atoms with Crippen molar-refractivity contribution < 1.29 is 37.4 Å². The topological polar surface area (TPSA) is 135 Å². The van der Waals surface area contributed by atoms with Gasteiger partial charge in [-0.2, -0.15) is 4.90 Å². The number of nitrogens with zero attached hydrogens (tertiary/aromatic N) is 2. The minimum atomic E-state index is -1.20. The fourth-order valence-electron chi connectivity index (χ4n) is 4.30. The van der Waals surface area contributed by atoms with Crippen LogP contribution >= 0.6 is 0 Å². The molecule has 0 fully saturated rings. The lowest BCUT2D eigenvalue weighted by Gasteiger charge is -2.28. The molecule has 0 bridgehead atoms. The van der Waals surface area contributed by atoms with Crippen molar-refractivity contribution in [1.29, 1.82) is 0 Å². The molecule has 3 heterocycles. The number of nitrogens with one attached hydrogen (secondary N) is 3. The zero-order chi connectivity index (χ0) is 31.0. The second-order valence-electron chi connectivity index (χ2n) is 11.5. The van der Waals surface area contributed by atoms with Gasteiger partial charge in [0.05, 0.1) is 29.7 Å². The predicted octanol–water partition coefficient (Wildman–Crippen LogP) is 6.07. The molecule has 3 amide bonds. The summed E-state index contributed by atoms with van der Waals surface area (Å²) < 4.78 is 46.9. The standard InChI is InChI=1S/C29H33F2N5O6/c1-28(2,3)41-26(38)36(27(39)42-29(4,5)6)24-20(31)15(11-13-32-24)21-22(19-17(34-21)12-14-33-25(19)37)35-18-10-8-9-16(30)23(18)40-7/h8-11,13,34-35H,12,14H2,1-7H3,(H,33,37). The summed E-state index contributed by atoms with van der Waals surface area (Å²) in [7, 11) is 1.29. The number of carbonyl (C=O) groups excluding carboxylic acids is 3. The van der Waals surface area contributed by atoms with Crippen LogP contribution in [-0.2, 0) is 15.9 Å². The van der Waals surface area contributed by atoms with Crippen molar-refractivity contribution in [2.24, 2.45) is 0 Å². The van der Waals surface area contributed by atoms with Gasteiger partial charge in [0.15, 0.2) is 23.2 Å². The van der Waals surface area contributed by atoms with Crippen molar-refractivity contribution in [2.45, 2.75) is 59.2 Å². The van der Waals surface area contributed by atoms with Gasteiger partial charge in [0.25, 0.3) is 5.91 Å². The molecule has 3 N–H and O–H groups in total. The van der Waals surface area contributed by atoms with E-state index >= 15 is 4.39 Å². The molecule has 0 atom stereocenters. The molecular weight excluding hydrogens is 552 g/mol. The minimum Gasteiger partial charge on any atom is -0.492 e. The number of carbonyl (C=O) groups is 3. The average Bonchev–Trinajstić information content (AvgIpc) is 3.22. The SMILES string of the molecule is COc1c(F)cccc1Nc1c(-c2ccnc(N(C(=O)OC(C)(C)C)C(=O)OC(C)(C)C)c2F)[nH]c2c1C(=O)NCC2. The highest BCUT2D eigenvalue weighted by Gasteiger charge is 2.37. The fourth-order valence-corrected chi connectivity index (χ4v) is 4.30. The molecule has 224 valence electrons. The average molecular weight is 586 g/mol. The summed E-state index contributed by atoms with van der Waals surface area (Å²) in [5.41, 5.74) is -1.11. The van der Waals surface area contributed by atoms with Gasteiger partial charge in [-0.15, -0.1) is 0 Å².